The van der Waals surface area contributed by atoms with Gasteiger partial charge in [-0.1, -0.05) is 18.2 Å². The molecule has 1 aliphatic rings. The molecule has 150 valence electrons. The van der Waals surface area contributed by atoms with Crippen LogP contribution in [-0.4, -0.2) is 58.6 Å². The Balaban J connectivity index is 2.00. The number of sulfonamides is 1. The molecule has 2 aromatic carbocycles. The second kappa shape index (κ2) is 8.72. The van der Waals surface area contributed by atoms with Crippen molar-refractivity contribution in [1.29, 1.82) is 0 Å². The van der Waals surface area contributed by atoms with Gasteiger partial charge in [-0.15, -0.1) is 0 Å². The number of anilines is 1. The van der Waals surface area contributed by atoms with E-state index in [4.69, 9.17) is 9.47 Å². The van der Waals surface area contributed by atoms with Crippen molar-refractivity contribution in [2.24, 2.45) is 0 Å². The van der Waals surface area contributed by atoms with Gasteiger partial charge in [0.15, 0.2) is 0 Å². The van der Waals surface area contributed by atoms with Crippen LogP contribution >= 0.6 is 0 Å². The van der Waals surface area contributed by atoms with Crippen LogP contribution in [0.3, 0.4) is 0 Å². The molecule has 1 fully saturated rings. The first-order chi connectivity index (χ1) is 13.5. The Morgan fingerprint density at radius 1 is 1.14 bits per heavy atom. The first kappa shape index (κ1) is 20.3. The Hall–Kier alpha value is -2.42. The molecule has 0 spiro atoms. The summed E-state index contributed by atoms with van der Waals surface area (Å²) in [6, 6.07) is 13.6. The number of carbonyl (C=O) groups is 1. The van der Waals surface area contributed by atoms with Gasteiger partial charge in [-0.2, -0.15) is 4.31 Å². The molecule has 0 bridgehead atoms. The Morgan fingerprint density at radius 3 is 2.43 bits per heavy atom. The predicted molar refractivity (Wildman–Crippen MR) is 106 cm³/mol. The molecule has 7 nitrogen and oxygen atoms in total. The van der Waals surface area contributed by atoms with Gasteiger partial charge in [0, 0.05) is 25.3 Å². The summed E-state index contributed by atoms with van der Waals surface area (Å²) in [5.41, 5.74) is 0.945. The van der Waals surface area contributed by atoms with E-state index in [1.807, 2.05) is 37.3 Å². The number of hydrogen-bond acceptors (Lipinski definition) is 5. The summed E-state index contributed by atoms with van der Waals surface area (Å²) in [7, 11) is -2.25. The highest BCUT2D eigenvalue weighted by atomic mass is 32.2. The lowest BCUT2D eigenvalue weighted by Crippen LogP contribution is -2.40. The number of para-hydroxylation sites is 1. The molecule has 2 aromatic rings. The van der Waals surface area contributed by atoms with Crippen LogP contribution in [0.15, 0.2) is 53.4 Å². The van der Waals surface area contributed by atoms with Crippen LogP contribution < -0.4 is 9.64 Å². The smallest absolute Gasteiger partial charge is 0.262 e. The van der Waals surface area contributed by atoms with Crippen molar-refractivity contribution in [3.63, 3.8) is 0 Å². The maximum Gasteiger partial charge on any atom is 0.262 e. The molecule has 0 atom stereocenters. The van der Waals surface area contributed by atoms with Gasteiger partial charge in [-0.25, -0.2) is 8.42 Å². The summed E-state index contributed by atoms with van der Waals surface area (Å²) in [5, 5.41) is 0. The van der Waals surface area contributed by atoms with E-state index in [2.05, 4.69) is 0 Å². The van der Waals surface area contributed by atoms with Crippen LogP contribution in [-0.2, 0) is 14.8 Å². The number of ether oxygens (including phenoxy) is 2. The summed E-state index contributed by atoms with van der Waals surface area (Å²) in [6.07, 6.45) is 0. The van der Waals surface area contributed by atoms with Gasteiger partial charge in [-0.05, 0) is 37.3 Å². The van der Waals surface area contributed by atoms with Gasteiger partial charge in [0.2, 0.25) is 10.0 Å². The second-order valence-electron chi connectivity index (χ2n) is 6.26. The summed E-state index contributed by atoms with van der Waals surface area (Å²) in [6.45, 7) is 3.61. The first-order valence-electron chi connectivity index (χ1n) is 9.12. The fourth-order valence-electron chi connectivity index (χ4n) is 3.15. The average molecular weight is 404 g/mol. The molecule has 0 unspecified atom stereocenters. The number of methoxy groups -OCH3 is 1. The van der Waals surface area contributed by atoms with Gasteiger partial charge >= 0.3 is 0 Å². The molecule has 0 aromatic heterocycles. The maximum atomic E-state index is 13.2. The van der Waals surface area contributed by atoms with Crippen molar-refractivity contribution in [3.8, 4) is 5.75 Å². The van der Waals surface area contributed by atoms with Gasteiger partial charge in [0.25, 0.3) is 5.91 Å². The average Bonchev–Trinajstić information content (AvgIpc) is 2.75. The van der Waals surface area contributed by atoms with Crippen molar-refractivity contribution < 1.29 is 22.7 Å². The van der Waals surface area contributed by atoms with Crippen LogP contribution in [0.25, 0.3) is 0 Å². The van der Waals surface area contributed by atoms with Gasteiger partial charge in [0.1, 0.15) is 5.75 Å². The summed E-state index contributed by atoms with van der Waals surface area (Å²) < 4.78 is 37.9. The normalized spacial score (nSPS) is 15.2. The van der Waals surface area contributed by atoms with E-state index in [-0.39, 0.29) is 16.4 Å². The van der Waals surface area contributed by atoms with E-state index in [0.717, 1.165) is 5.69 Å². The summed E-state index contributed by atoms with van der Waals surface area (Å²) in [4.78, 5) is 14.9. The molecule has 8 heteroatoms. The number of amides is 1. The third-order valence-electron chi connectivity index (χ3n) is 4.64. The molecule has 1 aliphatic heterocycles. The highest BCUT2D eigenvalue weighted by Crippen LogP contribution is 2.28. The SMILES string of the molecule is CCN(C(=O)c1cc(S(=O)(=O)N2CCOCC2)ccc1OC)c1ccccc1. The Kier molecular flexibility index (Phi) is 6.33. The number of benzene rings is 2. The molecule has 3 rings (SSSR count). The van der Waals surface area contributed by atoms with Crippen LogP contribution in [0.1, 0.15) is 17.3 Å². The van der Waals surface area contributed by atoms with Crippen molar-refractivity contribution in [2.45, 2.75) is 11.8 Å². The largest absolute Gasteiger partial charge is 0.496 e. The zero-order valence-electron chi connectivity index (χ0n) is 16.0. The van der Waals surface area contributed by atoms with Gasteiger partial charge in [-0.3, -0.25) is 4.79 Å². The Bertz CT molecular complexity index is 925. The predicted octanol–water partition coefficient (Wildman–Crippen LogP) is 2.38. The lowest BCUT2D eigenvalue weighted by molar-refractivity contribution is 0.0730. The summed E-state index contributed by atoms with van der Waals surface area (Å²) in [5.74, 6) is 0.0184. The topological polar surface area (TPSA) is 76.2 Å². The molecule has 28 heavy (non-hydrogen) atoms. The van der Waals surface area contributed by atoms with Gasteiger partial charge in [0.05, 0.1) is 30.8 Å². The van der Waals surface area contributed by atoms with Crippen molar-refractivity contribution in [2.75, 3.05) is 44.9 Å². The van der Waals surface area contributed by atoms with Crippen LogP contribution in [0, 0.1) is 0 Å². The minimum Gasteiger partial charge on any atom is -0.496 e. The van der Waals surface area contributed by atoms with Gasteiger partial charge < -0.3 is 14.4 Å². The third-order valence-corrected chi connectivity index (χ3v) is 6.53. The monoisotopic (exact) mass is 404 g/mol. The first-order valence-corrected chi connectivity index (χ1v) is 10.6. The Morgan fingerprint density at radius 2 is 1.82 bits per heavy atom. The van der Waals surface area contributed by atoms with E-state index in [1.165, 1.54) is 29.6 Å². The summed E-state index contributed by atoms with van der Waals surface area (Å²) >= 11 is 0. The molecule has 0 aliphatic carbocycles. The number of nitrogens with zero attached hydrogens (tertiary/aromatic N) is 2. The van der Waals surface area contributed by atoms with Crippen molar-refractivity contribution >= 4 is 21.6 Å². The van der Waals surface area contributed by atoms with Crippen molar-refractivity contribution in [1.82, 2.24) is 4.31 Å². The molecule has 0 saturated carbocycles. The fraction of sp³-hybridized carbons (Fsp3) is 0.350. The van der Waals surface area contributed by atoms with E-state index in [0.29, 0.717) is 38.6 Å². The molecule has 1 amide bonds. The zero-order chi connectivity index (χ0) is 20.1. The van der Waals surface area contributed by atoms with Crippen LogP contribution in [0.2, 0.25) is 0 Å². The Labute approximate surface area is 165 Å². The highest BCUT2D eigenvalue weighted by molar-refractivity contribution is 7.89. The van der Waals surface area contributed by atoms with Crippen LogP contribution in [0.4, 0.5) is 5.69 Å². The van der Waals surface area contributed by atoms with Crippen molar-refractivity contribution in [3.05, 3.63) is 54.1 Å². The second-order valence-corrected chi connectivity index (χ2v) is 8.20. The van der Waals surface area contributed by atoms with E-state index in [9.17, 15) is 13.2 Å². The maximum absolute atomic E-state index is 13.2. The highest BCUT2D eigenvalue weighted by Gasteiger charge is 2.29. The zero-order valence-corrected chi connectivity index (χ0v) is 16.8. The quantitative estimate of drug-likeness (QED) is 0.739. The number of hydrogen-bond donors (Lipinski definition) is 0. The van der Waals surface area contributed by atoms with E-state index < -0.39 is 10.0 Å². The molecular formula is C20H24N2O5S. The lowest BCUT2D eigenvalue weighted by Gasteiger charge is -2.27. The fourth-order valence-corrected chi connectivity index (χ4v) is 4.58. The molecule has 1 saturated heterocycles. The minimum absolute atomic E-state index is 0.0719. The molecule has 0 N–H and O–H groups in total. The number of rotatable bonds is 6. The molecule has 1 heterocycles. The standard InChI is InChI=1S/C20H24N2O5S/c1-3-22(16-7-5-4-6-8-16)20(23)18-15-17(9-10-19(18)26-2)28(24,25)21-11-13-27-14-12-21/h4-10,15H,3,11-14H2,1-2H3. The number of carbonyl (C=O) groups excluding carboxylic acids is 1. The number of morpholine rings is 1. The third kappa shape index (κ3) is 4.04. The van der Waals surface area contributed by atoms with E-state index in [1.54, 1.807) is 4.90 Å². The van der Waals surface area contributed by atoms with Crippen LogP contribution in [0.5, 0.6) is 5.75 Å². The minimum atomic E-state index is -3.71. The van der Waals surface area contributed by atoms with E-state index >= 15 is 0 Å². The molecular weight excluding hydrogens is 380 g/mol. The molecule has 0 radical (unpaired) electrons. The lowest BCUT2D eigenvalue weighted by atomic mass is 10.1.